The lowest BCUT2D eigenvalue weighted by molar-refractivity contribution is 0.104. The van der Waals surface area contributed by atoms with Crippen molar-refractivity contribution in [1.82, 2.24) is 9.80 Å². The van der Waals surface area contributed by atoms with Crippen LogP contribution < -0.4 is 0 Å². The van der Waals surface area contributed by atoms with Gasteiger partial charge in [0.1, 0.15) is 0 Å². The van der Waals surface area contributed by atoms with Gasteiger partial charge in [-0.2, -0.15) is 0 Å². The Morgan fingerprint density at radius 1 is 1.06 bits per heavy atom. The maximum Gasteiger partial charge on any atom is 0.0179 e. The first kappa shape index (κ1) is 12.9. The molecule has 0 aromatic rings. The highest BCUT2D eigenvalue weighted by atomic mass is 15.3. The Morgan fingerprint density at radius 3 is 2.28 bits per heavy atom. The van der Waals surface area contributed by atoms with E-state index in [4.69, 9.17) is 0 Å². The molecule has 0 spiro atoms. The molecular formula is C16H30N2. The first-order valence-electron chi connectivity index (χ1n) is 7.93. The van der Waals surface area contributed by atoms with Crippen LogP contribution in [0.4, 0.5) is 0 Å². The summed E-state index contributed by atoms with van der Waals surface area (Å²) in [5, 5.41) is 0. The zero-order chi connectivity index (χ0) is 13.0. The van der Waals surface area contributed by atoms with Gasteiger partial charge in [0.15, 0.2) is 0 Å². The Kier molecular flexibility index (Phi) is 3.02. The number of nitrogens with zero attached hydrogens (tertiary/aromatic N) is 2. The van der Waals surface area contributed by atoms with Gasteiger partial charge in [-0.15, -0.1) is 0 Å². The van der Waals surface area contributed by atoms with E-state index in [2.05, 4.69) is 37.5 Å². The summed E-state index contributed by atoms with van der Waals surface area (Å²) in [6.07, 6.45) is 7.21. The average molecular weight is 250 g/mol. The fraction of sp³-hybridized carbons (Fsp3) is 1.00. The molecular weight excluding hydrogens is 220 g/mol. The second-order valence-electron chi connectivity index (χ2n) is 8.05. The number of fused-ring (bicyclic) bond motifs is 1. The van der Waals surface area contributed by atoms with Crippen molar-refractivity contribution >= 4 is 0 Å². The number of rotatable bonds is 2. The molecule has 0 radical (unpaired) electrons. The summed E-state index contributed by atoms with van der Waals surface area (Å²) in [5.41, 5.74) is 1.02. The molecule has 18 heavy (non-hydrogen) atoms. The number of likely N-dealkylation sites (tertiary alicyclic amines) is 2. The molecule has 0 aromatic carbocycles. The van der Waals surface area contributed by atoms with Gasteiger partial charge >= 0.3 is 0 Å². The molecule has 2 heterocycles. The van der Waals surface area contributed by atoms with Gasteiger partial charge in [-0.25, -0.2) is 0 Å². The van der Waals surface area contributed by atoms with Crippen LogP contribution in [0.5, 0.6) is 0 Å². The second-order valence-corrected chi connectivity index (χ2v) is 8.05. The van der Waals surface area contributed by atoms with E-state index in [9.17, 15) is 0 Å². The van der Waals surface area contributed by atoms with Gasteiger partial charge in [0.25, 0.3) is 0 Å². The molecule has 2 saturated heterocycles. The molecule has 0 amide bonds. The van der Waals surface area contributed by atoms with Crippen molar-refractivity contribution < 1.29 is 0 Å². The van der Waals surface area contributed by atoms with E-state index in [1.807, 2.05) is 0 Å². The fourth-order valence-electron chi connectivity index (χ4n) is 4.86. The van der Waals surface area contributed by atoms with Crippen LogP contribution in [0.3, 0.4) is 0 Å². The lowest BCUT2D eigenvalue weighted by atomic mass is 9.98. The molecule has 2 nitrogen and oxygen atoms in total. The normalized spacial score (nSPS) is 42.0. The fourth-order valence-corrected chi connectivity index (χ4v) is 4.86. The molecule has 3 aliphatic rings. The quantitative estimate of drug-likeness (QED) is 0.743. The predicted molar refractivity (Wildman–Crippen MR) is 76.8 cm³/mol. The summed E-state index contributed by atoms with van der Waals surface area (Å²) in [7, 11) is 0. The summed E-state index contributed by atoms with van der Waals surface area (Å²) in [4.78, 5) is 5.55. The molecule has 3 atom stereocenters. The van der Waals surface area contributed by atoms with Crippen LogP contribution in [0.1, 0.15) is 59.8 Å². The van der Waals surface area contributed by atoms with Crippen LogP contribution in [-0.2, 0) is 0 Å². The van der Waals surface area contributed by atoms with Gasteiger partial charge in [0.05, 0.1) is 0 Å². The molecule has 3 rings (SSSR count). The molecule has 3 unspecified atom stereocenters. The molecule has 0 aromatic heterocycles. The van der Waals surface area contributed by atoms with Gasteiger partial charge < -0.3 is 4.90 Å². The summed E-state index contributed by atoms with van der Waals surface area (Å²) in [6.45, 7) is 13.7. The number of piperidine rings is 2. The highest BCUT2D eigenvalue weighted by molar-refractivity contribution is 5.19. The van der Waals surface area contributed by atoms with Gasteiger partial charge in [-0.05, 0) is 66.5 Å². The first-order chi connectivity index (χ1) is 8.42. The zero-order valence-electron chi connectivity index (χ0n) is 12.7. The number of hydrogen-bond donors (Lipinski definition) is 0. The van der Waals surface area contributed by atoms with Crippen molar-refractivity contribution in [3.8, 4) is 0 Å². The lowest BCUT2D eigenvalue weighted by Gasteiger charge is -2.37. The van der Waals surface area contributed by atoms with Gasteiger partial charge in [-0.1, -0.05) is 6.42 Å². The van der Waals surface area contributed by atoms with Gasteiger partial charge in [-0.3, -0.25) is 4.90 Å². The summed E-state index contributed by atoms with van der Waals surface area (Å²) < 4.78 is 0. The lowest BCUT2D eigenvalue weighted by Crippen LogP contribution is -2.45. The largest absolute Gasteiger partial charge is 0.303 e. The molecule has 104 valence electrons. The van der Waals surface area contributed by atoms with E-state index >= 15 is 0 Å². The van der Waals surface area contributed by atoms with Crippen molar-refractivity contribution in [2.45, 2.75) is 77.4 Å². The molecule has 0 N–H and O–H groups in total. The second kappa shape index (κ2) is 4.21. The van der Waals surface area contributed by atoms with E-state index in [-0.39, 0.29) is 0 Å². The Bertz CT molecular complexity index is 314. The van der Waals surface area contributed by atoms with E-state index in [1.54, 1.807) is 0 Å². The smallest absolute Gasteiger partial charge is 0.0179 e. The molecule has 2 heteroatoms. The van der Waals surface area contributed by atoms with Crippen molar-refractivity contribution in [2.75, 3.05) is 19.6 Å². The van der Waals surface area contributed by atoms with E-state index in [0.29, 0.717) is 11.0 Å². The average Bonchev–Trinajstić information content (AvgIpc) is 2.82. The van der Waals surface area contributed by atoms with Crippen LogP contribution in [0.15, 0.2) is 0 Å². The summed E-state index contributed by atoms with van der Waals surface area (Å²) >= 11 is 0. The van der Waals surface area contributed by atoms with E-state index in [0.717, 1.165) is 12.1 Å². The third kappa shape index (κ3) is 2.12. The Balaban J connectivity index is 1.65. The minimum absolute atomic E-state index is 0.351. The zero-order valence-corrected chi connectivity index (χ0v) is 12.7. The van der Waals surface area contributed by atoms with Crippen LogP contribution in [0.2, 0.25) is 0 Å². The van der Waals surface area contributed by atoms with Crippen molar-refractivity contribution in [3.05, 3.63) is 0 Å². The standard InChI is InChI=1S/C16H30N2/c1-13-10-16(12-17-8-6-5-7-9-17)11-14(16)18(13)15(2,3)4/h13-14H,5-12H2,1-4H3. The molecule has 3 fully saturated rings. The number of hydrogen-bond acceptors (Lipinski definition) is 2. The van der Waals surface area contributed by atoms with E-state index in [1.165, 1.54) is 51.7 Å². The predicted octanol–water partition coefficient (Wildman–Crippen LogP) is 3.12. The molecule has 1 aliphatic carbocycles. The van der Waals surface area contributed by atoms with Gasteiger partial charge in [0.2, 0.25) is 0 Å². The van der Waals surface area contributed by atoms with Crippen LogP contribution in [-0.4, -0.2) is 47.1 Å². The summed E-state index contributed by atoms with van der Waals surface area (Å²) in [5.74, 6) is 0. The van der Waals surface area contributed by atoms with Crippen molar-refractivity contribution in [2.24, 2.45) is 5.41 Å². The van der Waals surface area contributed by atoms with Crippen LogP contribution in [0, 0.1) is 5.41 Å². The topological polar surface area (TPSA) is 6.48 Å². The minimum Gasteiger partial charge on any atom is -0.303 e. The van der Waals surface area contributed by atoms with Gasteiger partial charge in [0, 0.05) is 29.6 Å². The summed E-state index contributed by atoms with van der Waals surface area (Å²) in [6, 6.07) is 1.67. The van der Waals surface area contributed by atoms with Crippen LogP contribution >= 0.6 is 0 Å². The highest BCUT2D eigenvalue weighted by Crippen LogP contribution is 2.61. The van der Waals surface area contributed by atoms with Crippen molar-refractivity contribution in [1.29, 1.82) is 0 Å². The molecule has 1 saturated carbocycles. The maximum absolute atomic E-state index is 2.80. The first-order valence-corrected chi connectivity index (χ1v) is 7.93. The Hall–Kier alpha value is -0.0800. The molecule has 0 bridgehead atoms. The van der Waals surface area contributed by atoms with Crippen LogP contribution in [0.25, 0.3) is 0 Å². The third-order valence-electron chi connectivity index (χ3n) is 5.42. The Labute approximate surface area is 113 Å². The third-order valence-corrected chi connectivity index (χ3v) is 5.42. The maximum atomic E-state index is 2.80. The minimum atomic E-state index is 0.351. The SMILES string of the molecule is CC1CC2(CN3CCCCC3)CC2N1C(C)(C)C. The van der Waals surface area contributed by atoms with Crippen molar-refractivity contribution in [3.63, 3.8) is 0 Å². The monoisotopic (exact) mass is 250 g/mol. The van der Waals surface area contributed by atoms with E-state index < -0.39 is 0 Å². The highest BCUT2D eigenvalue weighted by Gasteiger charge is 2.65. The molecule has 2 aliphatic heterocycles. The Morgan fingerprint density at radius 2 is 1.72 bits per heavy atom.